The van der Waals surface area contributed by atoms with Crippen molar-refractivity contribution in [2.24, 2.45) is 0 Å². The minimum atomic E-state index is -0.880. The van der Waals surface area contributed by atoms with Crippen molar-refractivity contribution >= 4 is 5.97 Å². The molecule has 6 heteroatoms. The molecule has 2 aromatic heterocycles. The van der Waals surface area contributed by atoms with Crippen molar-refractivity contribution in [1.29, 1.82) is 0 Å². The highest BCUT2D eigenvalue weighted by atomic mass is 16.4. The standard InChI is InChI=1S/C12H12N4O2/c17-11(18)12(4-2-5-12)16-8-14-15-10(16)9-3-1-6-13-7-9/h1,3,6-8H,2,4-5H2,(H,17,18). The molecule has 2 aromatic rings. The summed E-state index contributed by atoms with van der Waals surface area (Å²) < 4.78 is 1.66. The fraction of sp³-hybridized carbons (Fsp3) is 0.333. The summed E-state index contributed by atoms with van der Waals surface area (Å²) in [5, 5.41) is 17.3. The number of rotatable bonds is 3. The average Bonchev–Trinajstić information content (AvgIpc) is 2.77. The van der Waals surface area contributed by atoms with Crippen LogP contribution in [0.4, 0.5) is 0 Å². The molecule has 0 bridgehead atoms. The highest BCUT2D eigenvalue weighted by Gasteiger charge is 2.47. The Hall–Kier alpha value is -2.24. The van der Waals surface area contributed by atoms with E-state index in [0.717, 1.165) is 12.0 Å². The molecular formula is C12H12N4O2. The number of hydrogen-bond acceptors (Lipinski definition) is 4. The van der Waals surface area contributed by atoms with Gasteiger partial charge < -0.3 is 5.11 Å². The predicted octanol–water partition coefficient (Wildman–Crippen LogP) is 1.30. The van der Waals surface area contributed by atoms with E-state index in [-0.39, 0.29) is 0 Å². The molecule has 1 N–H and O–H groups in total. The first-order chi connectivity index (χ1) is 8.74. The summed E-state index contributed by atoms with van der Waals surface area (Å²) in [6.45, 7) is 0. The zero-order valence-electron chi connectivity index (χ0n) is 9.65. The number of nitrogens with zero attached hydrogens (tertiary/aromatic N) is 4. The summed E-state index contributed by atoms with van der Waals surface area (Å²) in [4.78, 5) is 15.5. The monoisotopic (exact) mass is 244 g/mol. The number of hydrogen-bond donors (Lipinski definition) is 1. The Kier molecular flexibility index (Phi) is 2.36. The summed E-state index contributed by atoms with van der Waals surface area (Å²) in [5.41, 5.74) is -0.100. The SMILES string of the molecule is O=C(O)C1(n2cnnc2-c2cccnc2)CCC1. The van der Waals surface area contributed by atoms with Gasteiger partial charge in [-0.25, -0.2) is 4.79 Å². The van der Waals surface area contributed by atoms with E-state index in [1.54, 1.807) is 23.0 Å². The third-order valence-corrected chi connectivity index (χ3v) is 3.51. The molecule has 92 valence electrons. The van der Waals surface area contributed by atoms with Crippen LogP contribution in [0.1, 0.15) is 19.3 Å². The molecule has 18 heavy (non-hydrogen) atoms. The van der Waals surface area contributed by atoms with Crippen LogP contribution in [0.5, 0.6) is 0 Å². The van der Waals surface area contributed by atoms with E-state index in [2.05, 4.69) is 15.2 Å². The van der Waals surface area contributed by atoms with Gasteiger partial charge in [0.05, 0.1) is 0 Å². The maximum Gasteiger partial charge on any atom is 0.329 e. The number of pyridine rings is 1. The zero-order valence-corrected chi connectivity index (χ0v) is 9.65. The van der Waals surface area contributed by atoms with Gasteiger partial charge in [0, 0.05) is 18.0 Å². The van der Waals surface area contributed by atoms with Crippen LogP contribution in [0.25, 0.3) is 11.4 Å². The Morgan fingerprint density at radius 2 is 2.28 bits per heavy atom. The van der Waals surface area contributed by atoms with Gasteiger partial charge in [0.15, 0.2) is 5.82 Å². The first-order valence-corrected chi connectivity index (χ1v) is 5.78. The van der Waals surface area contributed by atoms with Gasteiger partial charge in [0.2, 0.25) is 0 Å². The fourth-order valence-electron chi connectivity index (χ4n) is 2.31. The summed E-state index contributed by atoms with van der Waals surface area (Å²) in [7, 11) is 0. The molecule has 2 heterocycles. The third-order valence-electron chi connectivity index (χ3n) is 3.51. The minimum absolute atomic E-state index is 0.560. The quantitative estimate of drug-likeness (QED) is 0.880. The van der Waals surface area contributed by atoms with Crippen molar-refractivity contribution in [2.45, 2.75) is 24.8 Å². The first kappa shape index (κ1) is 10.9. The largest absolute Gasteiger partial charge is 0.479 e. The van der Waals surface area contributed by atoms with Gasteiger partial charge in [-0.2, -0.15) is 0 Å². The molecule has 0 amide bonds. The Balaban J connectivity index is 2.10. The Labute approximate surface area is 103 Å². The maximum absolute atomic E-state index is 11.5. The van der Waals surface area contributed by atoms with E-state index in [9.17, 15) is 9.90 Å². The van der Waals surface area contributed by atoms with Gasteiger partial charge in [0.25, 0.3) is 0 Å². The second-order valence-corrected chi connectivity index (χ2v) is 4.46. The summed E-state index contributed by atoms with van der Waals surface area (Å²) in [6, 6.07) is 3.64. The highest BCUT2D eigenvalue weighted by Crippen LogP contribution is 2.41. The van der Waals surface area contributed by atoms with Crippen molar-refractivity contribution in [1.82, 2.24) is 19.7 Å². The van der Waals surface area contributed by atoms with Crippen molar-refractivity contribution in [3.8, 4) is 11.4 Å². The van der Waals surface area contributed by atoms with E-state index in [0.29, 0.717) is 18.7 Å². The van der Waals surface area contributed by atoms with Crippen LogP contribution in [0, 0.1) is 0 Å². The molecule has 0 atom stereocenters. The van der Waals surface area contributed by atoms with Crippen molar-refractivity contribution < 1.29 is 9.90 Å². The molecular weight excluding hydrogens is 232 g/mol. The number of carboxylic acids is 1. The first-order valence-electron chi connectivity index (χ1n) is 5.78. The van der Waals surface area contributed by atoms with Crippen LogP contribution < -0.4 is 0 Å². The summed E-state index contributed by atoms with van der Waals surface area (Å²) in [6.07, 6.45) is 6.98. The second kappa shape index (κ2) is 3.90. The molecule has 6 nitrogen and oxygen atoms in total. The Bertz CT molecular complexity index is 575. The molecule has 1 aliphatic rings. The van der Waals surface area contributed by atoms with E-state index in [4.69, 9.17) is 0 Å². The molecule has 1 saturated carbocycles. The Morgan fingerprint density at radius 1 is 1.44 bits per heavy atom. The number of aliphatic carboxylic acids is 1. The van der Waals surface area contributed by atoms with Crippen LogP contribution in [0.3, 0.4) is 0 Å². The van der Waals surface area contributed by atoms with Crippen molar-refractivity contribution in [3.63, 3.8) is 0 Å². The molecule has 0 unspecified atom stereocenters. The molecule has 0 aromatic carbocycles. The second-order valence-electron chi connectivity index (χ2n) is 4.46. The predicted molar refractivity (Wildman–Crippen MR) is 62.7 cm³/mol. The van der Waals surface area contributed by atoms with E-state index in [1.807, 2.05) is 6.07 Å². The highest BCUT2D eigenvalue weighted by molar-refractivity contribution is 5.79. The maximum atomic E-state index is 11.5. The fourth-order valence-corrected chi connectivity index (χ4v) is 2.31. The van der Waals surface area contributed by atoms with Crippen LogP contribution in [0.2, 0.25) is 0 Å². The minimum Gasteiger partial charge on any atom is -0.479 e. The van der Waals surface area contributed by atoms with E-state index in [1.165, 1.54) is 6.33 Å². The lowest BCUT2D eigenvalue weighted by atomic mass is 9.76. The molecule has 0 saturated heterocycles. The van der Waals surface area contributed by atoms with Crippen LogP contribution in [0.15, 0.2) is 30.9 Å². The van der Waals surface area contributed by atoms with Gasteiger partial charge in [0.1, 0.15) is 11.9 Å². The molecule has 1 aliphatic carbocycles. The van der Waals surface area contributed by atoms with E-state index >= 15 is 0 Å². The third kappa shape index (κ3) is 1.42. The number of carboxylic acid groups (broad SMARTS) is 1. The molecule has 3 rings (SSSR count). The summed E-state index contributed by atoms with van der Waals surface area (Å²) in [5.74, 6) is -0.260. The lowest BCUT2D eigenvalue weighted by molar-refractivity contribution is -0.152. The molecule has 0 radical (unpaired) electrons. The topological polar surface area (TPSA) is 80.9 Å². The lowest BCUT2D eigenvalue weighted by Crippen LogP contribution is -2.47. The number of carbonyl (C=O) groups is 1. The van der Waals surface area contributed by atoms with Crippen molar-refractivity contribution in [2.75, 3.05) is 0 Å². The summed E-state index contributed by atoms with van der Waals surface area (Å²) >= 11 is 0. The van der Waals surface area contributed by atoms with Gasteiger partial charge in [-0.05, 0) is 31.4 Å². The van der Waals surface area contributed by atoms with E-state index < -0.39 is 11.5 Å². The lowest BCUT2D eigenvalue weighted by Gasteiger charge is -2.39. The molecule has 1 fully saturated rings. The number of aromatic nitrogens is 4. The van der Waals surface area contributed by atoms with Gasteiger partial charge >= 0.3 is 5.97 Å². The smallest absolute Gasteiger partial charge is 0.329 e. The van der Waals surface area contributed by atoms with Crippen molar-refractivity contribution in [3.05, 3.63) is 30.9 Å². The van der Waals surface area contributed by atoms with Crippen LogP contribution >= 0.6 is 0 Å². The average molecular weight is 244 g/mol. The normalized spacial score (nSPS) is 17.1. The Morgan fingerprint density at radius 3 is 2.83 bits per heavy atom. The van der Waals surface area contributed by atoms with Gasteiger partial charge in [-0.15, -0.1) is 10.2 Å². The van der Waals surface area contributed by atoms with Crippen LogP contribution in [-0.2, 0) is 10.3 Å². The van der Waals surface area contributed by atoms with Gasteiger partial charge in [-0.3, -0.25) is 9.55 Å². The molecule has 0 spiro atoms. The molecule has 0 aliphatic heterocycles. The zero-order chi connectivity index (χ0) is 12.6. The van der Waals surface area contributed by atoms with Gasteiger partial charge in [-0.1, -0.05) is 0 Å². The van der Waals surface area contributed by atoms with Crippen LogP contribution in [-0.4, -0.2) is 30.8 Å².